The van der Waals surface area contributed by atoms with Crippen molar-refractivity contribution < 1.29 is 4.74 Å². The van der Waals surface area contributed by atoms with Gasteiger partial charge in [-0.15, -0.1) is 11.3 Å². The second kappa shape index (κ2) is 5.09. The summed E-state index contributed by atoms with van der Waals surface area (Å²) in [4.78, 5) is 4.22. The molecule has 0 aliphatic carbocycles. The predicted molar refractivity (Wildman–Crippen MR) is 65.8 cm³/mol. The molecule has 1 heterocycles. The molecule has 4 heteroatoms. The Labute approximate surface area is 98.9 Å². The van der Waals surface area contributed by atoms with Crippen molar-refractivity contribution in [2.45, 2.75) is 13.0 Å². The van der Waals surface area contributed by atoms with Crippen LogP contribution in [0.3, 0.4) is 0 Å². The van der Waals surface area contributed by atoms with Crippen LogP contribution in [0.1, 0.15) is 24.2 Å². The molecule has 2 N–H and O–H groups in total. The molecule has 0 saturated carbocycles. The maximum Gasteiger partial charge on any atom is 0.119 e. The van der Waals surface area contributed by atoms with Gasteiger partial charge in [0.15, 0.2) is 0 Å². The van der Waals surface area contributed by atoms with Crippen LogP contribution < -0.4 is 10.5 Å². The number of aromatic nitrogens is 1. The van der Waals surface area contributed by atoms with Gasteiger partial charge in [-0.05, 0) is 24.6 Å². The highest BCUT2D eigenvalue weighted by Gasteiger charge is 2.11. The Morgan fingerprint density at radius 1 is 1.50 bits per heavy atom. The van der Waals surface area contributed by atoms with Gasteiger partial charge in [-0.1, -0.05) is 12.1 Å². The smallest absolute Gasteiger partial charge is 0.119 e. The van der Waals surface area contributed by atoms with Gasteiger partial charge in [0.1, 0.15) is 5.75 Å². The van der Waals surface area contributed by atoms with Crippen molar-refractivity contribution >= 4 is 11.3 Å². The first kappa shape index (κ1) is 11.1. The molecule has 84 valence electrons. The van der Waals surface area contributed by atoms with Crippen molar-refractivity contribution in [3.63, 3.8) is 0 Å². The molecule has 2 rings (SSSR count). The van der Waals surface area contributed by atoms with E-state index in [4.69, 9.17) is 10.5 Å². The Balaban J connectivity index is 2.23. The largest absolute Gasteiger partial charge is 0.494 e. The Morgan fingerprint density at radius 3 is 3.06 bits per heavy atom. The van der Waals surface area contributed by atoms with Crippen molar-refractivity contribution in [2.75, 3.05) is 6.61 Å². The van der Waals surface area contributed by atoms with Crippen molar-refractivity contribution in [2.24, 2.45) is 5.73 Å². The van der Waals surface area contributed by atoms with E-state index in [-0.39, 0.29) is 6.04 Å². The van der Waals surface area contributed by atoms with E-state index in [0.29, 0.717) is 6.61 Å². The SMILES string of the molecule is CCOc1cccc(C(N)c2cscn2)c1. The summed E-state index contributed by atoms with van der Waals surface area (Å²) >= 11 is 1.55. The normalized spacial score (nSPS) is 12.4. The summed E-state index contributed by atoms with van der Waals surface area (Å²) in [6.07, 6.45) is 0. The molecule has 0 fully saturated rings. The molecular formula is C12H14N2OS. The molecule has 0 bridgehead atoms. The number of ether oxygens (including phenoxy) is 1. The van der Waals surface area contributed by atoms with Crippen molar-refractivity contribution in [3.05, 3.63) is 46.4 Å². The summed E-state index contributed by atoms with van der Waals surface area (Å²) in [5.74, 6) is 0.852. The number of nitrogens with zero attached hydrogens (tertiary/aromatic N) is 1. The third kappa shape index (κ3) is 2.40. The van der Waals surface area contributed by atoms with Gasteiger partial charge in [-0.2, -0.15) is 0 Å². The highest BCUT2D eigenvalue weighted by Crippen LogP contribution is 2.22. The van der Waals surface area contributed by atoms with Crippen molar-refractivity contribution in [3.8, 4) is 5.75 Å². The lowest BCUT2D eigenvalue weighted by Crippen LogP contribution is -2.12. The van der Waals surface area contributed by atoms with Gasteiger partial charge in [0, 0.05) is 5.38 Å². The van der Waals surface area contributed by atoms with Gasteiger partial charge in [0.2, 0.25) is 0 Å². The molecule has 0 aliphatic heterocycles. The average Bonchev–Trinajstić information content (AvgIpc) is 2.82. The fraction of sp³-hybridized carbons (Fsp3) is 0.250. The minimum absolute atomic E-state index is 0.174. The zero-order valence-electron chi connectivity index (χ0n) is 9.09. The maximum absolute atomic E-state index is 6.11. The monoisotopic (exact) mass is 234 g/mol. The summed E-state index contributed by atoms with van der Waals surface area (Å²) in [5.41, 5.74) is 9.83. The van der Waals surface area contributed by atoms with Gasteiger partial charge in [0.25, 0.3) is 0 Å². The third-order valence-corrected chi connectivity index (χ3v) is 2.90. The van der Waals surface area contributed by atoms with Crippen LogP contribution in [0.15, 0.2) is 35.2 Å². The predicted octanol–water partition coefficient (Wildman–Crippen LogP) is 2.59. The van der Waals surface area contributed by atoms with Crippen LogP contribution in [0.2, 0.25) is 0 Å². The molecule has 0 radical (unpaired) electrons. The van der Waals surface area contributed by atoms with Crippen LogP contribution in [0.4, 0.5) is 0 Å². The summed E-state index contributed by atoms with van der Waals surface area (Å²) in [5, 5.41) is 1.97. The quantitative estimate of drug-likeness (QED) is 0.884. The lowest BCUT2D eigenvalue weighted by Gasteiger charge is -2.11. The van der Waals surface area contributed by atoms with Crippen LogP contribution in [-0.2, 0) is 0 Å². The first-order valence-corrected chi connectivity index (χ1v) is 6.12. The second-order valence-corrected chi connectivity index (χ2v) is 4.12. The number of hydrogen-bond donors (Lipinski definition) is 1. The molecule has 1 aromatic carbocycles. The van der Waals surface area contributed by atoms with E-state index in [1.54, 1.807) is 16.8 Å². The molecule has 1 aromatic heterocycles. The standard InChI is InChI=1S/C12H14N2OS/c1-2-15-10-5-3-4-9(6-10)12(13)11-7-16-8-14-11/h3-8,12H,2,13H2,1H3. The minimum Gasteiger partial charge on any atom is -0.494 e. The first-order valence-electron chi connectivity index (χ1n) is 5.17. The zero-order valence-corrected chi connectivity index (χ0v) is 9.91. The van der Waals surface area contributed by atoms with Gasteiger partial charge >= 0.3 is 0 Å². The fourth-order valence-electron chi connectivity index (χ4n) is 1.51. The molecule has 0 saturated heterocycles. The van der Waals surface area contributed by atoms with Gasteiger partial charge in [0.05, 0.1) is 23.9 Å². The highest BCUT2D eigenvalue weighted by molar-refractivity contribution is 7.07. The van der Waals surface area contributed by atoms with E-state index < -0.39 is 0 Å². The summed E-state index contributed by atoms with van der Waals surface area (Å²) in [7, 11) is 0. The fourth-order valence-corrected chi connectivity index (χ4v) is 2.10. The lowest BCUT2D eigenvalue weighted by atomic mass is 10.1. The maximum atomic E-state index is 6.11. The van der Waals surface area contributed by atoms with Crippen LogP contribution in [0.25, 0.3) is 0 Å². The van der Waals surface area contributed by atoms with E-state index in [0.717, 1.165) is 17.0 Å². The second-order valence-electron chi connectivity index (χ2n) is 3.40. The molecule has 2 aromatic rings. The lowest BCUT2D eigenvalue weighted by molar-refractivity contribution is 0.340. The number of hydrogen-bond acceptors (Lipinski definition) is 4. The van der Waals surface area contributed by atoms with E-state index in [1.807, 2.05) is 36.6 Å². The molecule has 0 aliphatic rings. The molecule has 16 heavy (non-hydrogen) atoms. The van der Waals surface area contributed by atoms with Crippen LogP contribution in [-0.4, -0.2) is 11.6 Å². The molecule has 1 unspecified atom stereocenters. The zero-order chi connectivity index (χ0) is 11.4. The van der Waals surface area contributed by atoms with Gasteiger partial charge in [-0.25, -0.2) is 4.98 Å². The van der Waals surface area contributed by atoms with Crippen LogP contribution in [0, 0.1) is 0 Å². The van der Waals surface area contributed by atoms with E-state index in [1.165, 1.54) is 0 Å². The van der Waals surface area contributed by atoms with Gasteiger partial charge < -0.3 is 10.5 Å². The minimum atomic E-state index is -0.174. The van der Waals surface area contributed by atoms with Crippen LogP contribution in [0.5, 0.6) is 5.75 Å². The summed E-state index contributed by atoms with van der Waals surface area (Å²) < 4.78 is 5.44. The third-order valence-electron chi connectivity index (χ3n) is 2.30. The Kier molecular flexibility index (Phi) is 3.54. The van der Waals surface area contributed by atoms with E-state index >= 15 is 0 Å². The van der Waals surface area contributed by atoms with Gasteiger partial charge in [-0.3, -0.25) is 0 Å². The molecular weight excluding hydrogens is 220 g/mol. The first-order chi connectivity index (χ1) is 7.81. The number of nitrogens with two attached hydrogens (primary N) is 1. The molecule has 0 spiro atoms. The molecule has 0 amide bonds. The highest BCUT2D eigenvalue weighted by atomic mass is 32.1. The average molecular weight is 234 g/mol. The topological polar surface area (TPSA) is 48.1 Å². The van der Waals surface area contributed by atoms with E-state index in [9.17, 15) is 0 Å². The Morgan fingerprint density at radius 2 is 2.38 bits per heavy atom. The van der Waals surface area contributed by atoms with Crippen LogP contribution >= 0.6 is 11.3 Å². The van der Waals surface area contributed by atoms with Crippen molar-refractivity contribution in [1.82, 2.24) is 4.98 Å². The molecule has 1 atom stereocenters. The summed E-state index contributed by atoms with van der Waals surface area (Å²) in [6, 6.07) is 7.67. The molecule has 3 nitrogen and oxygen atoms in total. The van der Waals surface area contributed by atoms with Crippen molar-refractivity contribution in [1.29, 1.82) is 0 Å². The van der Waals surface area contributed by atoms with E-state index in [2.05, 4.69) is 4.98 Å². The Bertz CT molecular complexity index is 442. The summed E-state index contributed by atoms with van der Waals surface area (Å²) in [6.45, 7) is 2.63. The number of rotatable bonds is 4. The number of benzene rings is 1. The Hall–Kier alpha value is -1.39. The number of thiazole rings is 1.